The van der Waals surface area contributed by atoms with E-state index in [1.165, 1.54) is 0 Å². The van der Waals surface area contributed by atoms with Gasteiger partial charge in [-0.1, -0.05) is 0 Å². The normalized spacial score (nSPS) is 12.3. The van der Waals surface area contributed by atoms with Crippen LogP contribution in [0.3, 0.4) is 0 Å². The van der Waals surface area contributed by atoms with Crippen LogP contribution >= 0.6 is 0 Å². The number of imide groups is 1. The molecule has 0 unspecified atom stereocenters. The second-order valence-electron chi connectivity index (χ2n) is 6.12. The van der Waals surface area contributed by atoms with E-state index in [1.54, 1.807) is 32.0 Å². The number of urea groups is 1. The molecule has 0 saturated heterocycles. The molecule has 1 aromatic rings. The first-order chi connectivity index (χ1) is 12.8. The fourth-order valence-electron chi connectivity index (χ4n) is 2.26. The Balaban J connectivity index is 1.73. The molecule has 1 aliphatic heterocycles. The van der Waals surface area contributed by atoms with Crippen molar-refractivity contribution >= 4 is 23.7 Å². The van der Waals surface area contributed by atoms with Crippen LogP contribution in [0.1, 0.15) is 37.0 Å². The van der Waals surface area contributed by atoms with Gasteiger partial charge in [0.25, 0.3) is 5.91 Å². The number of nitrogens with one attached hydrogen (secondary N) is 2. The lowest BCUT2D eigenvalue weighted by molar-refractivity contribution is -0.148. The van der Waals surface area contributed by atoms with Crippen LogP contribution < -0.4 is 20.1 Å². The molecule has 2 N–H and O–H groups in total. The third-order valence-corrected chi connectivity index (χ3v) is 3.46. The molecule has 0 aromatic heterocycles. The van der Waals surface area contributed by atoms with Gasteiger partial charge in [-0.05, 0) is 32.0 Å². The van der Waals surface area contributed by atoms with Gasteiger partial charge in [0.05, 0.1) is 6.42 Å². The van der Waals surface area contributed by atoms with E-state index in [4.69, 9.17) is 14.2 Å². The predicted octanol–water partition coefficient (Wildman–Crippen LogP) is 1.20. The lowest BCUT2D eigenvalue weighted by Crippen LogP contribution is -2.44. The second kappa shape index (κ2) is 9.56. The van der Waals surface area contributed by atoms with Gasteiger partial charge < -0.3 is 19.5 Å². The summed E-state index contributed by atoms with van der Waals surface area (Å²) in [5, 5.41) is 4.49. The van der Waals surface area contributed by atoms with E-state index in [2.05, 4.69) is 5.32 Å². The van der Waals surface area contributed by atoms with E-state index in [-0.39, 0.29) is 24.7 Å². The number of rotatable bonds is 7. The Morgan fingerprint density at radius 1 is 1.07 bits per heavy atom. The molecular weight excluding hydrogens is 356 g/mol. The minimum absolute atomic E-state index is 0.0755. The molecule has 0 aliphatic carbocycles. The molecule has 1 aliphatic rings. The van der Waals surface area contributed by atoms with Gasteiger partial charge >= 0.3 is 12.0 Å². The van der Waals surface area contributed by atoms with Gasteiger partial charge in [0.2, 0.25) is 0 Å². The molecule has 9 nitrogen and oxygen atoms in total. The van der Waals surface area contributed by atoms with Crippen molar-refractivity contribution in [2.24, 2.45) is 0 Å². The molecule has 0 atom stereocenters. The van der Waals surface area contributed by atoms with Gasteiger partial charge in [-0.25, -0.2) is 4.79 Å². The number of fused-ring (bicyclic) bond motifs is 1. The fourth-order valence-corrected chi connectivity index (χ4v) is 2.26. The number of ether oxygens (including phenoxy) is 3. The Kier molecular flexibility index (Phi) is 7.16. The zero-order chi connectivity index (χ0) is 19.8. The van der Waals surface area contributed by atoms with E-state index >= 15 is 0 Å². The summed E-state index contributed by atoms with van der Waals surface area (Å²) < 4.78 is 15.6. The lowest BCUT2D eigenvalue weighted by Gasteiger charge is -2.18. The quantitative estimate of drug-likeness (QED) is 0.540. The van der Waals surface area contributed by atoms with E-state index in [9.17, 15) is 19.2 Å². The van der Waals surface area contributed by atoms with Gasteiger partial charge in [0, 0.05) is 18.0 Å². The molecule has 0 saturated carbocycles. The number of Topliss-reactive ketones (excluding diaryl/α,β-unsaturated/α-hetero) is 1. The molecule has 146 valence electrons. The average molecular weight is 378 g/mol. The van der Waals surface area contributed by atoms with Crippen molar-refractivity contribution in [2.45, 2.75) is 32.7 Å². The second-order valence-corrected chi connectivity index (χ2v) is 6.12. The predicted molar refractivity (Wildman–Crippen MR) is 93.8 cm³/mol. The van der Waals surface area contributed by atoms with Crippen LogP contribution in [-0.4, -0.2) is 49.6 Å². The van der Waals surface area contributed by atoms with Crippen molar-refractivity contribution in [2.75, 3.05) is 19.8 Å². The van der Waals surface area contributed by atoms with Gasteiger partial charge in [-0.15, -0.1) is 0 Å². The molecule has 0 fully saturated rings. The highest BCUT2D eigenvalue weighted by Crippen LogP contribution is 2.31. The minimum Gasteiger partial charge on any atom is -0.486 e. The van der Waals surface area contributed by atoms with Gasteiger partial charge in [-0.3, -0.25) is 19.7 Å². The maximum atomic E-state index is 12.2. The van der Waals surface area contributed by atoms with Crippen LogP contribution in [0.4, 0.5) is 4.79 Å². The van der Waals surface area contributed by atoms with Crippen LogP contribution in [0.25, 0.3) is 0 Å². The molecule has 0 radical (unpaired) electrons. The zero-order valence-corrected chi connectivity index (χ0v) is 15.2. The first-order valence-corrected chi connectivity index (χ1v) is 8.54. The Morgan fingerprint density at radius 3 is 2.48 bits per heavy atom. The van der Waals surface area contributed by atoms with Gasteiger partial charge in [-0.2, -0.15) is 0 Å². The highest BCUT2D eigenvalue weighted by Gasteiger charge is 2.17. The van der Waals surface area contributed by atoms with Crippen LogP contribution in [0.15, 0.2) is 18.2 Å². The fraction of sp³-hybridized carbons (Fsp3) is 0.444. The SMILES string of the molecule is CC(C)NC(=O)NC(=O)COC(=O)CCC(=O)c1ccc2c(c1)OCCO2. The summed E-state index contributed by atoms with van der Waals surface area (Å²) in [6.07, 6.45) is -0.257. The Hall–Kier alpha value is -3.10. The Bertz CT molecular complexity index is 730. The van der Waals surface area contributed by atoms with Crippen LogP contribution in [0.5, 0.6) is 11.5 Å². The summed E-state index contributed by atoms with van der Waals surface area (Å²) in [6, 6.07) is 4.02. The number of carbonyl (C=O) groups excluding carboxylic acids is 4. The average Bonchev–Trinajstić information content (AvgIpc) is 2.63. The number of benzene rings is 1. The van der Waals surface area contributed by atoms with Crippen molar-refractivity contribution in [1.29, 1.82) is 0 Å². The van der Waals surface area contributed by atoms with Crippen molar-refractivity contribution in [3.05, 3.63) is 23.8 Å². The summed E-state index contributed by atoms with van der Waals surface area (Å²) >= 11 is 0. The maximum absolute atomic E-state index is 12.2. The summed E-state index contributed by atoms with van der Waals surface area (Å²) in [7, 11) is 0. The molecule has 1 heterocycles. The number of amides is 3. The van der Waals surface area contributed by atoms with Crippen molar-refractivity contribution in [3.8, 4) is 11.5 Å². The molecule has 0 spiro atoms. The van der Waals surface area contributed by atoms with Crippen molar-refractivity contribution in [1.82, 2.24) is 10.6 Å². The van der Waals surface area contributed by atoms with Crippen molar-refractivity contribution < 1.29 is 33.4 Å². The highest BCUT2D eigenvalue weighted by molar-refractivity contribution is 5.98. The van der Waals surface area contributed by atoms with Gasteiger partial charge in [0.1, 0.15) is 13.2 Å². The van der Waals surface area contributed by atoms with E-state index in [0.717, 1.165) is 0 Å². The lowest BCUT2D eigenvalue weighted by atomic mass is 10.1. The number of ketones is 1. The third kappa shape index (κ3) is 6.61. The first-order valence-electron chi connectivity index (χ1n) is 8.54. The van der Waals surface area contributed by atoms with Crippen LogP contribution in [0.2, 0.25) is 0 Å². The largest absolute Gasteiger partial charge is 0.486 e. The maximum Gasteiger partial charge on any atom is 0.321 e. The molecule has 27 heavy (non-hydrogen) atoms. The van der Waals surface area contributed by atoms with E-state index in [0.29, 0.717) is 30.3 Å². The summed E-state index contributed by atoms with van der Waals surface area (Å²) in [6.45, 7) is 3.75. The highest BCUT2D eigenvalue weighted by atomic mass is 16.6. The smallest absolute Gasteiger partial charge is 0.321 e. The third-order valence-electron chi connectivity index (χ3n) is 3.46. The molecule has 3 amide bonds. The van der Waals surface area contributed by atoms with Crippen molar-refractivity contribution in [3.63, 3.8) is 0 Å². The molecule has 1 aromatic carbocycles. The van der Waals surface area contributed by atoms with Crippen LogP contribution in [-0.2, 0) is 14.3 Å². The minimum atomic E-state index is -0.750. The summed E-state index contributed by atoms with van der Waals surface area (Å²) in [5.74, 6) is -0.652. The first kappa shape index (κ1) is 20.2. The number of hydrogen-bond acceptors (Lipinski definition) is 7. The summed E-state index contributed by atoms with van der Waals surface area (Å²) in [4.78, 5) is 46.7. The molecule has 9 heteroatoms. The zero-order valence-electron chi connectivity index (χ0n) is 15.2. The van der Waals surface area contributed by atoms with E-state index < -0.39 is 24.5 Å². The Morgan fingerprint density at radius 2 is 1.78 bits per heavy atom. The topological polar surface area (TPSA) is 120 Å². The number of esters is 1. The van der Waals surface area contributed by atoms with E-state index in [1.807, 2.05) is 5.32 Å². The van der Waals surface area contributed by atoms with Crippen LogP contribution in [0, 0.1) is 0 Å². The number of carbonyl (C=O) groups is 4. The van der Waals surface area contributed by atoms with Gasteiger partial charge in [0.15, 0.2) is 23.9 Å². The number of hydrogen-bond donors (Lipinski definition) is 2. The monoisotopic (exact) mass is 378 g/mol. The molecular formula is C18H22N2O7. The standard InChI is InChI=1S/C18H22N2O7/c1-11(2)19-18(24)20-16(22)10-27-17(23)6-4-13(21)12-3-5-14-15(9-12)26-8-7-25-14/h3,5,9,11H,4,6-8,10H2,1-2H3,(H2,19,20,22,24). The molecule has 2 rings (SSSR count). The summed E-state index contributed by atoms with van der Waals surface area (Å²) in [5.41, 5.74) is 0.398. The Labute approximate surface area is 156 Å². The molecule has 0 bridgehead atoms.